The Kier molecular flexibility index (Phi) is 4.93. The van der Waals surface area contributed by atoms with Crippen LogP contribution in [0, 0.1) is 0 Å². The van der Waals surface area contributed by atoms with Gasteiger partial charge in [-0.05, 0) is 51.3 Å². The molecular weight excluding hydrogens is 328 g/mol. The van der Waals surface area contributed by atoms with Crippen LogP contribution < -0.4 is 10.1 Å². The first kappa shape index (κ1) is 17.1. The number of aromatic nitrogens is 2. The van der Waals surface area contributed by atoms with Crippen LogP contribution in [-0.4, -0.2) is 52.4 Å². The minimum atomic E-state index is -0.0145. The topological polar surface area (TPSA) is 59.4 Å². The molecule has 1 unspecified atom stereocenters. The van der Waals surface area contributed by atoms with Gasteiger partial charge in [0.15, 0.2) is 11.4 Å². The highest BCUT2D eigenvalue weighted by atomic mass is 16.5. The van der Waals surface area contributed by atoms with Crippen LogP contribution in [0.5, 0.6) is 5.75 Å². The SMILES string of the molecule is CCOc1cn(-c2ccccc2)nc1C(=O)N(CC1CCCN1)C1CC1. The number of hydrogen-bond donors (Lipinski definition) is 1. The van der Waals surface area contributed by atoms with E-state index >= 15 is 0 Å². The zero-order valence-electron chi connectivity index (χ0n) is 15.2. The third kappa shape index (κ3) is 3.60. The fourth-order valence-electron chi connectivity index (χ4n) is 3.55. The Balaban J connectivity index is 1.61. The van der Waals surface area contributed by atoms with Crippen molar-refractivity contribution in [3.05, 3.63) is 42.2 Å². The largest absolute Gasteiger partial charge is 0.490 e. The molecule has 138 valence electrons. The van der Waals surface area contributed by atoms with Gasteiger partial charge in [-0.2, -0.15) is 5.10 Å². The van der Waals surface area contributed by atoms with Gasteiger partial charge in [-0.15, -0.1) is 0 Å². The van der Waals surface area contributed by atoms with Gasteiger partial charge in [0.25, 0.3) is 5.91 Å². The normalized spacial score (nSPS) is 19.5. The molecule has 1 aliphatic heterocycles. The van der Waals surface area contributed by atoms with Crippen molar-refractivity contribution < 1.29 is 9.53 Å². The Labute approximate surface area is 154 Å². The molecule has 1 saturated heterocycles. The fourth-order valence-corrected chi connectivity index (χ4v) is 3.55. The lowest BCUT2D eigenvalue weighted by molar-refractivity contribution is 0.0718. The monoisotopic (exact) mass is 354 g/mol. The molecular formula is C20H26N4O2. The lowest BCUT2D eigenvalue weighted by atomic mass is 10.2. The van der Waals surface area contributed by atoms with Crippen LogP contribution in [0.25, 0.3) is 5.69 Å². The average molecular weight is 354 g/mol. The van der Waals surface area contributed by atoms with E-state index in [1.54, 1.807) is 4.68 Å². The van der Waals surface area contributed by atoms with Crippen molar-refractivity contribution in [2.45, 2.75) is 44.7 Å². The summed E-state index contributed by atoms with van der Waals surface area (Å²) < 4.78 is 7.47. The van der Waals surface area contributed by atoms with E-state index in [2.05, 4.69) is 10.4 Å². The number of carbonyl (C=O) groups excluding carboxylic acids is 1. The van der Waals surface area contributed by atoms with Crippen LogP contribution in [-0.2, 0) is 0 Å². The second-order valence-corrected chi connectivity index (χ2v) is 7.04. The van der Waals surface area contributed by atoms with Crippen molar-refractivity contribution in [1.29, 1.82) is 0 Å². The molecule has 0 radical (unpaired) electrons. The van der Waals surface area contributed by atoms with Crippen molar-refractivity contribution in [3.63, 3.8) is 0 Å². The van der Waals surface area contributed by atoms with Gasteiger partial charge in [-0.1, -0.05) is 18.2 Å². The highest BCUT2D eigenvalue weighted by Gasteiger charge is 2.37. The molecule has 2 fully saturated rings. The second kappa shape index (κ2) is 7.50. The van der Waals surface area contributed by atoms with Gasteiger partial charge in [0.2, 0.25) is 0 Å². The smallest absolute Gasteiger partial charge is 0.278 e. The number of nitrogens with one attached hydrogen (secondary N) is 1. The zero-order chi connectivity index (χ0) is 17.9. The lowest BCUT2D eigenvalue weighted by Gasteiger charge is -2.25. The third-order valence-electron chi connectivity index (χ3n) is 5.03. The summed E-state index contributed by atoms with van der Waals surface area (Å²) in [4.78, 5) is 15.3. The predicted molar refractivity (Wildman–Crippen MR) is 99.8 cm³/mol. The predicted octanol–water partition coefficient (Wildman–Crippen LogP) is 2.63. The summed E-state index contributed by atoms with van der Waals surface area (Å²) >= 11 is 0. The molecule has 0 spiro atoms. The van der Waals surface area contributed by atoms with Gasteiger partial charge in [-0.3, -0.25) is 4.79 Å². The quantitative estimate of drug-likeness (QED) is 0.830. The van der Waals surface area contributed by atoms with Crippen molar-refractivity contribution in [3.8, 4) is 11.4 Å². The van der Waals surface area contributed by atoms with Crippen LogP contribution in [0.4, 0.5) is 0 Å². The molecule has 1 aliphatic carbocycles. The Morgan fingerprint density at radius 2 is 2.12 bits per heavy atom. The summed E-state index contributed by atoms with van der Waals surface area (Å²) in [7, 11) is 0. The van der Waals surface area contributed by atoms with Gasteiger partial charge in [0.1, 0.15) is 0 Å². The maximum absolute atomic E-state index is 13.3. The fraction of sp³-hybridized carbons (Fsp3) is 0.500. The molecule has 6 nitrogen and oxygen atoms in total. The number of carbonyl (C=O) groups is 1. The minimum Gasteiger partial charge on any atom is -0.490 e. The van der Waals surface area contributed by atoms with Crippen molar-refractivity contribution in [2.75, 3.05) is 19.7 Å². The first-order chi connectivity index (χ1) is 12.8. The second-order valence-electron chi connectivity index (χ2n) is 7.04. The van der Waals surface area contributed by atoms with E-state index in [4.69, 9.17) is 4.74 Å². The van der Waals surface area contributed by atoms with E-state index in [0.717, 1.165) is 38.0 Å². The molecule has 2 aliphatic rings. The molecule has 6 heteroatoms. The summed E-state index contributed by atoms with van der Waals surface area (Å²) in [5.74, 6) is 0.547. The van der Waals surface area contributed by atoms with Crippen LogP contribution in [0.3, 0.4) is 0 Å². The molecule has 26 heavy (non-hydrogen) atoms. The summed E-state index contributed by atoms with van der Waals surface area (Å²) in [5, 5.41) is 8.08. The Hall–Kier alpha value is -2.34. The van der Waals surface area contributed by atoms with Crippen LogP contribution in [0.15, 0.2) is 36.5 Å². The highest BCUT2D eigenvalue weighted by molar-refractivity contribution is 5.95. The Morgan fingerprint density at radius 1 is 1.31 bits per heavy atom. The Bertz CT molecular complexity index is 748. The van der Waals surface area contributed by atoms with Crippen molar-refractivity contribution >= 4 is 5.91 Å². The molecule has 4 rings (SSSR count). The van der Waals surface area contributed by atoms with Gasteiger partial charge in [-0.25, -0.2) is 4.68 Å². The standard InChI is InChI=1S/C20H26N4O2/c1-2-26-18-14-24(17-8-4-3-5-9-17)22-19(18)20(25)23(16-10-11-16)13-15-7-6-12-21-15/h3-5,8-9,14-16,21H,2,6-7,10-13H2,1H3. The maximum atomic E-state index is 13.3. The number of nitrogens with zero attached hydrogens (tertiary/aromatic N) is 3. The Morgan fingerprint density at radius 3 is 2.77 bits per heavy atom. The number of benzene rings is 1. The zero-order valence-corrected chi connectivity index (χ0v) is 15.2. The van der Waals surface area contributed by atoms with Crippen LogP contribution >= 0.6 is 0 Å². The van der Waals surface area contributed by atoms with Crippen LogP contribution in [0.2, 0.25) is 0 Å². The molecule has 1 amide bonds. The molecule has 1 aromatic carbocycles. The van der Waals surface area contributed by atoms with E-state index in [0.29, 0.717) is 30.1 Å². The first-order valence-electron chi connectivity index (χ1n) is 9.58. The van der Waals surface area contributed by atoms with Gasteiger partial charge >= 0.3 is 0 Å². The van der Waals surface area contributed by atoms with E-state index in [9.17, 15) is 4.79 Å². The summed E-state index contributed by atoms with van der Waals surface area (Å²) in [5.41, 5.74) is 1.34. The summed E-state index contributed by atoms with van der Waals surface area (Å²) in [6.45, 7) is 4.24. The molecule has 1 atom stereocenters. The number of ether oxygens (including phenoxy) is 1. The highest BCUT2D eigenvalue weighted by Crippen LogP contribution is 2.31. The minimum absolute atomic E-state index is 0.0145. The van der Waals surface area contributed by atoms with Crippen LogP contribution in [0.1, 0.15) is 43.1 Å². The summed E-state index contributed by atoms with van der Waals surface area (Å²) in [6, 6.07) is 10.6. The van der Waals surface area contributed by atoms with E-state index in [1.807, 2.05) is 48.4 Å². The molecule has 1 aromatic heterocycles. The molecule has 2 aromatic rings. The van der Waals surface area contributed by atoms with E-state index in [1.165, 1.54) is 6.42 Å². The van der Waals surface area contributed by atoms with Gasteiger partial charge < -0.3 is 15.0 Å². The molecule has 1 saturated carbocycles. The van der Waals surface area contributed by atoms with Gasteiger partial charge in [0, 0.05) is 18.6 Å². The number of amides is 1. The average Bonchev–Trinajstić information content (AvgIpc) is 3.21. The van der Waals surface area contributed by atoms with Crippen molar-refractivity contribution in [1.82, 2.24) is 20.0 Å². The number of rotatable bonds is 7. The maximum Gasteiger partial charge on any atom is 0.278 e. The molecule has 2 heterocycles. The van der Waals surface area contributed by atoms with Crippen molar-refractivity contribution in [2.24, 2.45) is 0 Å². The first-order valence-corrected chi connectivity index (χ1v) is 9.58. The van der Waals surface area contributed by atoms with E-state index < -0.39 is 0 Å². The third-order valence-corrected chi connectivity index (χ3v) is 5.03. The number of hydrogen-bond acceptors (Lipinski definition) is 4. The van der Waals surface area contributed by atoms with Gasteiger partial charge in [0.05, 0.1) is 18.5 Å². The summed E-state index contributed by atoms with van der Waals surface area (Å²) in [6.07, 6.45) is 6.30. The number of para-hydroxylation sites is 1. The molecule has 1 N–H and O–H groups in total. The molecule has 0 bridgehead atoms. The van der Waals surface area contributed by atoms with E-state index in [-0.39, 0.29) is 5.91 Å². The lowest BCUT2D eigenvalue weighted by Crippen LogP contribution is -2.42.